The Balaban J connectivity index is 2.03. The molecule has 0 saturated heterocycles. The number of nitrogens with one attached hydrogen (secondary N) is 1. The molecule has 0 fully saturated rings. The number of hydrogen-bond acceptors (Lipinski definition) is 3. The van der Waals surface area contributed by atoms with E-state index in [1.54, 1.807) is 19.1 Å². The fraction of sp³-hybridized carbons (Fsp3) is 0.238. The van der Waals surface area contributed by atoms with E-state index in [4.69, 9.17) is 40.2 Å². The van der Waals surface area contributed by atoms with Gasteiger partial charge >= 0.3 is 5.97 Å². The maximum absolute atomic E-state index is 12.8. The van der Waals surface area contributed by atoms with E-state index in [1.807, 2.05) is 48.2 Å². The van der Waals surface area contributed by atoms with Gasteiger partial charge in [0, 0.05) is 15.7 Å². The molecule has 3 rings (SSSR count). The number of halogens is 2. The van der Waals surface area contributed by atoms with Crippen molar-refractivity contribution in [3.05, 3.63) is 81.0 Å². The first-order valence-electron chi connectivity index (χ1n) is 8.87. The van der Waals surface area contributed by atoms with Gasteiger partial charge < -0.3 is 15.0 Å². The van der Waals surface area contributed by atoms with Crippen molar-refractivity contribution in [3.8, 4) is 0 Å². The summed E-state index contributed by atoms with van der Waals surface area (Å²) < 4.78 is 5.33. The van der Waals surface area contributed by atoms with Gasteiger partial charge in [0.15, 0.2) is 5.11 Å². The molecule has 7 heteroatoms. The summed E-state index contributed by atoms with van der Waals surface area (Å²) in [5, 5.41) is 5.07. The average molecular weight is 435 g/mol. The Bertz CT molecular complexity index is 928. The molecule has 1 aliphatic rings. The van der Waals surface area contributed by atoms with Crippen molar-refractivity contribution in [1.82, 2.24) is 10.2 Å². The molecular weight excluding hydrogens is 415 g/mol. The van der Waals surface area contributed by atoms with Crippen LogP contribution < -0.4 is 5.32 Å². The maximum atomic E-state index is 12.8. The molecule has 2 aromatic carbocycles. The lowest BCUT2D eigenvalue weighted by molar-refractivity contribution is -0.139. The van der Waals surface area contributed by atoms with Crippen LogP contribution in [0.15, 0.2) is 59.8 Å². The van der Waals surface area contributed by atoms with E-state index in [2.05, 4.69) is 5.32 Å². The molecular formula is C21H20Cl2N2O2S. The minimum atomic E-state index is -0.411. The first kappa shape index (κ1) is 20.6. The molecule has 1 aliphatic heterocycles. The van der Waals surface area contributed by atoms with Gasteiger partial charge in [-0.1, -0.05) is 53.5 Å². The zero-order chi connectivity index (χ0) is 20.3. The minimum absolute atomic E-state index is 0.290. The molecule has 1 atom stereocenters. The van der Waals surface area contributed by atoms with Crippen molar-refractivity contribution >= 4 is 46.5 Å². The van der Waals surface area contributed by atoms with Gasteiger partial charge in [0.25, 0.3) is 0 Å². The van der Waals surface area contributed by atoms with E-state index in [-0.39, 0.29) is 12.6 Å². The summed E-state index contributed by atoms with van der Waals surface area (Å²) >= 11 is 17.9. The Hall–Kier alpha value is -2.08. The lowest BCUT2D eigenvalue weighted by atomic mass is 9.95. The van der Waals surface area contributed by atoms with Gasteiger partial charge in [-0.3, -0.25) is 0 Å². The Kier molecular flexibility index (Phi) is 6.60. The number of carbonyl (C=O) groups is 1. The molecule has 28 heavy (non-hydrogen) atoms. The van der Waals surface area contributed by atoms with Crippen molar-refractivity contribution in [3.63, 3.8) is 0 Å². The molecule has 146 valence electrons. The zero-order valence-corrected chi connectivity index (χ0v) is 17.9. The van der Waals surface area contributed by atoms with Gasteiger partial charge in [0.1, 0.15) is 0 Å². The highest BCUT2D eigenvalue weighted by Crippen LogP contribution is 2.33. The largest absolute Gasteiger partial charge is 0.463 e. The van der Waals surface area contributed by atoms with E-state index >= 15 is 0 Å². The summed E-state index contributed by atoms with van der Waals surface area (Å²) in [6, 6.07) is 14.5. The third kappa shape index (κ3) is 4.32. The molecule has 1 N–H and O–H groups in total. The summed E-state index contributed by atoms with van der Waals surface area (Å²) in [6.07, 6.45) is 0. The summed E-state index contributed by atoms with van der Waals surface area (Å²) in [5.74, 6) is -0.376. The van der Waals surface area contributed by atoms with E-state index in [0.717, 1.165) is 16.8 Å². The highest BCUT2D eigenvalue weighted by molar-refractivity contribution is 7.80. The molecule has 2 aromatic rings. The van der Waals surface area contributed by atoms with E-state index in [9.17, 15) is 4.79 Å². The molecule has 0 amide bonds. The van der Waals surface area contributed by atoms with Crippen LogP contribution in [0.5, 0.6) is 0 Å². The number of benzene rings is 2. The van der Waals surface area contributed by atoms with Crippen molar-refractivity contribution in [2.45, 2.75) is 26.4 Å². The number of esters is 1. The van der Waals surface area contributed by atoms with Gasteiger partial charge in [-0.05, 0) is 55.4 Å². The second-order valence-corrected chi connectivity index (χ2v) is 7.56. The van der Waals surface area contributed by atoms with Crippen LogP contribution >= 0.6 is 35.4 Å². The molecule has 1 heterocycles. The van der Waals surface area contributed by atoms with Gasteiger partial charge in [-0.2, -0.15) is 0 Å². The smallest absolute Gasteiger partial charge is 0.338 e. The monoisotopic (exact) mass is 434 g/mol. The molecule has 0 radical (unpaired) electrons. The van der Waals surface area contributed by atoms with E-state index in [1.165, 1.54) is 0 Å². The topological polar surface area (TPSA) is 41.6 Å². The van der Waals surface area contributed by atoms with Crippen molar-refractivity contribution in [2.24, 2.45) is 0 Å². The van der Waals surface area contributed by atoms with Crippen molar-refractivity contribution < 1.29 is 9.53 Å². The number of allylic oxidation sites excluding steroid dienone is 1. The van der Waals surface area contributed by atoms with Gasteiger partial charge in [-0.25, -0.2) is 4.79 Å². The first-order chi connectivity index (χ1) is 13.4. The molecule has 4 nitrogen and oxygen atoms in total. The number of rotatable bonds is 5. The summed E-state index contributed by atoms with van der Waals surface area (Å²) in [5.41, 5.74) is 3.05. The SMILES string of the molecule is CCOC(=O)C1=C(C)N(Cc2ccccc2Cl)C(=S)NC1c1ccc(Cl)cc1. The predicted octanol–water partition coefficient (Wildman–Crippen LogP) is 5.26. The number of hydrogen-bond donors (Lipinski definition) is 1. The normalized spacial score (nSPS) is 16.8. The Morgan fingerprint density at radius 2 is 1.86 bits per heavy atom. The molecule has 0 spiro atoms. The van der Waals surface area contributed by atoms with E-state index < -0.39 is 6.04 Å². The van der Waals surface area contributed by atoms with Crippen LogP contribution in [0.25, 0.3) is 0 Å². The summed E-state index contributed by atoms with van der Waals surface area (Å²) in [6.45, 7) is 4.40. The molecule has 0 aliphatic carbocycles. The van der Waals surface area contributed by atoms with Crippen LogP contribution in [0.1, 0.15) is 31.0 Å². The number of nitrogens with zero attached hydrogens (tertiary/aromatic N) is 1. The Morgan fingerprint density at radius 3 is 2.50 bits per heavy atom. The third-order valence-corrected chi connectivity index (χ3v) is 5.54. The summed E-state index contributed by atoms with van der Waals surface area (Å²) in [4.78, 5) is 14.7. The number of carbonyl (C=O) groups excluding carboxylic acids is 1. The van der Waals surface area contributed by atoms with Crippen LogP contribution in [0.4, 0.5) is 0 Å². The molecule has 0 saturated carbocycles. The van der Waals surface area contributed by atoms with Crippen LogP contribution in [0.2, 0.25) is 10.0 Å². The van der Waals surface area contributed by atoms with Crippen LogP contribution in [0.3, 0.4) is 0 Å². The predicted molar refractivity (Wildman–Crippen MR) is 116 cm³/mol. The third-order valence-electron chi connectivity index (χ3n) is 4.58. The Morgan fingerprint density at radius 1 is 1.18 bits per heavy atom. The van der Waals surface area contributed by atoms with Gasteiger partial charge in [0.2, 0.25) is 0 Å². The fourth-order valence-electron chi connectivity index (χ4n) is 3.15. The zero-order valence-electron chi connectivity index (χ0n) is 15.5. The molecule has 1 unspecified atom stereocenters. The quantitative estimate of drug-likeness (QED) is 0.513. The van der Waals surface area contributed by atoms with Gasteiger partial charge in [-0.15, -0.1) is 0 Å². The number of thiocarbonyl (C=S) groups is 1. The number of ether oxygens (including phenoxy) is 1. The molecule has 0 aromatic heterocycles. The Labute approximate surface area is 180 Å². The van der Waals surface area contributed by atoms with Crippen LogP contribution in [0, 0.1) is 0 Å². The average Bonchev–Trinajstić information content (AvgIpc) is 2.66. The van der Waals surface area contributed by atoms with Gasteiger partial charge in [0.05, 0.1) is 24.8 Å². The molecule has 0 bridgehead atoms. The fourth-order valence-corrected chi connectivity index (χ4v) is 3.79. The first-order valence-corrected chi connectivity index (χ1v) is 10.0. The highest BCUT2D eigenvalue weighted by Gasteiger charge is 2.34. The minimum Gasteiger partial charge on any atom is -0.463 e. The summed E-state index contributed by atoms with van der Waals surface area (Å²) in [7, 11) is 0. The second-order valence-electron chi connectivity index (χ2n) is 6.33. The van der Waals surface area contributed by atoms with Crippen molar-refractivity contribution in [2.75, 3.05) is 6.61 Å². The van der Waals surface area contributed by atoms with Crippen molar-refractivity contribution in [1.29, 1.82) is 0 Å². The lowest BCUT2D eigenvalue weighted by Crippen LogP contribution is -2.47. The highest BCUT2D eigenvalue weighted by atomic mass is 35.5. The van der Waals surface area contributed by atoms with Crippen LogP contribution in [-0.4, -0.2) is 22.6 Å². The lowest BCUT2D eigenvalue weighted by Gasteiger charge is -2.37. The van der Waals surface area contributed by atoms with Crippen LogP contribution in [-0.2, 0) is 16.1 Å². The van der Waals surface area contributed by atoms with E-state index in [0.29, 0.717) is 27.3 Å². The maximum Gasteiger partial charge on any atom is 0.338 e. The standard InChI is InChI=1S/C21H20Cl2N2O2S/c1-3-27-20(26)18-13(2)25(12-15-6-4-5-7-17(15)23)21(28)24-19(18)14-8-10-16(22)11-9-14/h4-11,19H,3,12H2,1-2H3,(H,24,28). The second kappa shape index (κ2) is 8.95.